The monoisotopic (exact) mass is 574 g/mol. The van der Waals surface area contributed by atoms with Crippen LogP contribution in [0.15, 0.2) is 0 Å². The molecule has 0 amide bonds. The summed E-state index contributed by atoms with van der Waals surface area (Å²) in [5.41, 5.74) is 0. The molecule has 3 rings (SSSR count). The molecule has 0 radical (unpaired) electrons. The average molecular weight is 575 g/mol. The molecule has 0 heterocycles. The molecule has 3 fully saturated rings. The van der Waals surface area contributed by atoms with Gasteiger partial charge in [0, 0.05) is 28.3 Å². The molecule has 222 valence electrons. The SMILES string of the molecule is CCCCCCCSC1CCC(C#CC2CCC(C#CC3CCC(SCCCCCCC)CC3)C(F)C2)CC1. The third kappa shape index (κ3) is 14.0. The van der Waals surface area contributed by atoms with Crippen molar-refractivity contribution in [2.75, 3.05) is 11.5 Å². The summed E-state index contributed by atoms with van der Waals surface area (Å²) in [5.74, 6) is 18.0. The van der Waals surface area contributed by atoms with Crippen LogP contribution in [-0.4, -0.2) is 28.2 Å². The first-order chi connectivity index (χ1) is 19.2. The molecule has 0 saturated heterocycles. The van der Waals surface area contributed by atoms with E-state index in [1.54, 1.807) is 0 Å². The van der Waals surface area contributed by atoms with Gasteiger partial charge < -0.3 is 0 Å². The van der Waals surface area contributed by atoms with Gasteiger partial charge in [0.2, 0.25) is 0 Å². The van der Waals surface area contributed by atoms with Crippen molar-refractivity contribution in [2.45, 2.75) is 165 Å². The largest absolute Gasteiger partial charge is 0.246 e. The van der Waals surface area contributed by atoms with Crippen LogP contribution < -0.4 is 0 Å². The quantitative estimate of drug-likeness (QED) is 0.149. The number of alkyl halides is 1. The second kappa shape index (κ2) is 20.6. The lowest BCUT2D eigenvalue weighted by atomic mass is 9.80. The molecule has 3 heteroatoms. The molecule has 0 nitrogen and oxygen atoms in total. The van der Waals surface area contributed by atoms with Crippen molar-refractivity contribution in [1.29, 1.82) is 0 Å². The highest BCUT2D eigenvalue weighted by Crippen LogP contribution is 2.35. The van der Waals surface area contributed by atoms with Crippen LogP contribution in [-0.2, 0) is 0 Å². The first-order valence-corrected chi connectivity index (χ1v) is 19.2. The summed E-state index contributed by atoms with van der Waals surface area (Å²) in [7, 11) is 0. The number of thioether (sulfide) groups is 2. The summed E-state index contributed by atoms with van der Waals surface area (Å²) in [4.78, 5) is 0. The van der Waals surface area contributed by atoms with Crippen LogP contribution in [0.4, 0.5) is 4.39 Å². The van der Waals surface area contributed by atoms with E-state index in [1.807, 2.05) is 0 Å². The van der Waals surface area contributed by atoms with Crippen molar-refractivity contribution in [2.24, 2.45) is 23.7 Å². The fourth-order valence-corrected chi connectivity index (χ4v) is 9.15. The van der Waals surface area contributed by atoms with E-state index in [-0.39, 0.29) is 11.8 Å². The Morgan fingerprint density at radius 2 is 0.949 bits per heavy atom. The van der Waals surface area contributed by atoms with Crippen LogP contribution in [0.5, 0.6) is 0 Å². The van der Waals surface area contributed by atoms with Crippen LogP contribution >= 0.6 is 23.5 Å². The number of unbranched alkanes of at least 4 members (excludes halogenated alkanes) is 8. The van der Waals surface area contributed by atoms with Crippen LogP contribution in [0.2, 0.25) is 0 Å². The standard InChI is InChI=1S/C36H59FS2/c1-3-5-7-9-11-27-38-34-23-17-30(18-24-34)13-14-32-16-22-33(36(37)29-32)21-15-31-19-25-35(26-20-31)39-28-12-10-8-6-4-2/h30-36H,3-12,16-20,22-29H2,1-2H3. The van der Waals surface area contributed by atoms with Gasteiger partial charge in [0.15, 0.2) is 0 Å². The minimum absolute atomic E-state index is 0.0484. The molecule has 39 heavy (non-hydrogen) atoms. The summed E-state index contributed by atoms with van der Waals surface area (Å²) in [6.45, 7) is 4.57. The molecule has 0 aromatic carbocycles. The second-order valence-electron chi connectivity index (χ2n) is 12.7. The molecule has 3 atom stereocenters. The minimum Gasteiger partial charge on any atom is -0.246 e. The number of rotatable bonds is 14. The van der Waals surface area contributed by atoms with Crippen molar-refractivity contribution in [3.05, 3.63) is 0 Å². The molecule has 0 N–H and O–H groups in total. The Kier molecular flexibility index (Phi) is 17.6. The summed E-state index contributed by atoms with van der Waals surface area (Å²) in [5, 5.41) is 1.69. The summed E-state index contributed by atoms with van der Waals surface area (Å²) < 4.78 is 15.0. The highest BCUT2D eigenvalue weighted by molar-refractivity contribution is 8.00. The molecule has 0 bridgehead atoms. The Morgan fingerprint density at radius 1 is 0.513 bits per heavy atom. The summed E-state index contributed by atoms with van der Waals surface area (Å²) in [6.07, 6.45) is 25.8. The van der Waals surface area contributed by atoms with Gasteiger partial charge in [-0.2, -0.15) is 23.5 Å². The molecule has 3 unspecified atom stereocenters. The van der Waals surface area contributed by atoms with Crippen LogP contribution in [0.1, 0.15) is 149 Å². The fourth-order valence-electron chi connectivity index (χ4n) is 6.53. The van der Waals surface area contributed by atoms with E-state index in [1.165, 1.54) is 127 Å². The van der Waals surface area contributed by atoms with Gasteiger partial charge >= 0.3 is 0 Å². The normalized spacial score (nSPS) is 31.1. The van der Waals surface area contributed by atoms with E-state index in [4.69, 9.17) is 0 Å². The lowest BCUT2D eigenvalue weighted by Gasteiger charge is -2.28. The molecular weight excluding hydrogens is 516 g/mol. The van der Waals surface area contributed by atoms with Gasteiger partial charge in [0.05, 0.1) is 5.92 Å². The first kappa shape index (κ1) is 33.3. The zero-order valence-electron chi connectivity index (χ0n) is 25.5. The van der Waals surface area contributed by atoms with Crippen LogP contribution in [0.3, 0.4) is 0 Å². The Labute approximate surface area is 251 Å². The Balaban J connectivity index is 1.26. The van der Waals surface area contributed by atoms with Crippen LogP contribution in [0, 0.1) is 47.4 Å². The zero-order valence-corrected chi connectivity index (χ0v) is 27.1. The molecule has 0 aromatic rings. The predicted molar refractivity (Wildman–Crippen MR) is 175 cm³/mol. The second-order valence-corrected chi connectivity index (χ2v) is 15.5. The van der Waals surface area contributed by atoms with Crippen molar-refractivity contribution in [3.63, 3.8) is 0 Å². The van der Waals surface area contributed by atoms with Gasteiger partial charge in [0.1, 0.15) is 6.17 Å². The molecule has 0 aliphatic heterocycles. The van der Waals surface area contributed by atoms with E-state index in [2.05, 4.69) is 61.1 Å². The Morgan fingerprint density at radius 3 is 1.44 bits per heavy atom. The summed E-state index contributed by atoms with van der Waals surface area (Å²) >= 11 is 4.42. The minimum atomic E-state index is -0.783. The Bertz CT molecular complexity index is 741. The van der Waals surface area contributed by atoms with E-state index in [9.17, 15) is 0 Å². The highest BCUT2D eigenvalue weighted by Gasteiger charge is 2.29. The smallest absolute Gasteiger partial charge is 0.115 e. The van der Waals surface area contributed by atoms with E-state index in [0.29, 0.717) is 18.3 Å². The number of hydrogen-bond donors (Lipinski definition) is 0. The molecule has 0 spiro atoms. The molecule has 0 aromatic heterocycles. The first-order valence-electron chi connectivity index (χ1n) is 17.1. The van der Waals surface area contributed by atoms with Crippen molar-refractivity contribution in [3.8, 4) is 23.7 Å². The Hall–Kier alpha value is -0.250. The lowest BCUT2D eigenvalue weighted by molar-refractivity contribution is 0.181. The van der Waals surface area contributed by atoms with Crippen LogP contribution in [0.25, 0.3) is 0 Å². The average Bonchev–Trinajstić information content (AvgIpc) is 2.96. The highest BCUT2D eigenvalue weighted by atomic mass is 32.2. The van der Waals surface area contributed by atoms with Gasteiger partial charge in [-0.1, -0.05) is 88.9 Å². The maximum absolute atomic E-state index is 15.0. The third-order valence-electron chi connectivity index (χ3n) is 9.29. The maximum Gasteiger partial charge on any atom is 0.115 e. The molecular formula is C36H59FS2. The van der Waals surface area contributed by atoms with Gasteiger partial charge in [-0.3, -0.25) is 0 Å². The van der Waals surface area contributed by atoms with Crippen molar-refractivity contribution >= 4 is 23.5 Å². The van der Waals surface area contributed by atoms with E-state index < -0.39 is 6.17 Å². The molecule has 3 saturated carbocycles. The molecule has 3 aliphatic carbocycles. The summed E-state index contributed by atoms with van der Waals surface area (Å²) in [6, 6.07) is 0. The third-order valence-corrected chi connectivity index (χ3v) is 12.2. The van der Waals surface area contributed by atoms with Crippen molar-refractivity contribution < 1.29 is 4.39 Å². The van der Waals surface area contributed by atoms with Gasteiger partial charge in [-0.05, 0) is 95.0 Å². The lowest BCUT2D eigenvalue weighted by Crippen LogP contribution is -2.25. The van der Waals surface area contributed by atoms with E-state index in [0.717, 1.165) is 23.3 Å². The number of hydrogen-bond acceptors (Lipinski definition) is 2. The fraction of sp³-hybridized carbons (Fsp3) is 0.889. The van der Waals surface area contributed by atoms with Gasteiger partial charge in [0.25, 0.3) is 0 Å². The van der Waals surface area contributed by atoms with Gasteiger partial charge in [-0.25, -0.2) is 4.39 Å². The topological polar surface area (TPSA) is 0 Å². The zero-order chi connectivity index (χ0) is 27.5. The predicted octanol–water partition coefficient (Wildman–Crippen LogP) is 11.3. The maximum atomic E-state index is 15.0. The molecule has 3 aliphatic rings. The van der Waals surface area contributed by atoms with Crippen molar-refractivity contribution in [1.82, 2.24) is 0 Å². The number of halogens is 1. The van der Waals surface area contributed by atoms with E-state index >= 15 is 4.39 Å². The van der Waals surface area contributed by atoms with Gasteiger partial charge in [-0.15, -0.1) is 0 Å².